The predicted molar refractivity (Wildman–Crippen MR) is 129 cm³/mol. The van der Waals surface area contributed by atoms with Crippen molar-refractivity contribution < 1.29 is 10.2 Å². The highest BCUT2D eigenvalue weighted by molar-refractivity contribution is 5.28. The molecule has 2 nitrogen and oxygen atoms in total. The van der Waals surface area contributed by atoms with Gasteiger partial charge in [0.25, 0.3) is 0 Å². The smallest absolute Gasteiger partial charge is 0.0764 e. The quantitative estimate of drug-likeness (QED) is 0.276. The Bertz CT molecular complexity index is 633. The van der Waals surface area contributed by atoms with Gasteiger partial charge in [-0.2, -0.15) is 0 Å². The van der Waals surface area contributed by atoms with Crippen molar-refractivity contribution in [3.63, 3.8) is 0 Å². The fourth-order valence-electron chi connectivity index (χ4n) is 4.79. The summed E-state index contributed by atoms with van der Waals surface area (Å²) in [5, 5.41) is 21.1. The highest BCUT2D eigenvalue weighted by Crippen LogP contribution is 2.34. The van der Waals surface area contributed by atoms with Gasteiger partial charge in [0.2, 0.25) is 0 Å². The van der Waals surface area contributed by atoms with E-state index in [1.807, 2.05) is 12.2 Å². The molecule has 0 aromatic heterocycles. The lowest BCUT2D eigenvalue weighted by molar-refractivity contribution is 0.0539. The minimum atomic E-state index is -0.459. The molecule has 0 amide bonds. The summed E-state index contributed by atoms with van der Waals surface area (Å²) in [7, 11) is 0. The number of rotatable bonds is 13. The summed E-state index contributed by atoms with van der Waals surface area (Å²) in [6, 6.07) is 8.53. The van der Waals surface area contributed by atoms with Crippen molar-refractivity contribution in [3.8, 4) is 0 Å². The van der Waals surface area contributed by atoms with E-state index in [2.05, 4.69) is 50.3 Å². The Labute approximate surface area is 185 Å². The van der Waals surface area contributed by atoms with Crippen LogP contribution >= 0.6 is 0 Å². The fourth-order valence-corrected chi connectivity index (χ4v) is 4.79. The number of aryl methyl sites for hydroxylation is 1. The van der Waals surface area contributed by atoms with Crippen LogP contribution in [-0.4, -0.2) is 22.4 Å². The Morgan fingerprint density at radius 1 is 0.933 bits per heavy atom. The number of aliphatic hydroxyl groups excluding tert-OH is 2. The number of aliphatic hydroxyl groups is 2. The highest BCUT2D eigenvalue weighted by Gasteiger charge is 2.28. The molecule has 0 radical (unpaired) electrons. The molecule has 0 bridgehead atoms. The third kappa shape index (κ3) is 8.78. The number of allylic oxidation sites excluding steroid dienone is 3. The highest BCUT2D eigenvalue weighted by atomic mass is 16.3. The third-order valence-electron chi connectivity index (χ3n) is 6.62. The predicted octanol–water partition coefficient (Wildman–Crippen LogP) is 6.79. The van der Waals surface area contributed by atoms with Gasteiger partial charge in [0.05, 0.1) is 12.2 Å². The molecule has 0 saturated heterocycles. The van der Waals surface area contributed by atoms with Crippen LogP contribution in [0.4, 0.5) is 0 Å². The molecule has 1 fully saturated rings. The summed E-state index contributed by atoms with van der Waals surface area (Å²) in [4.78, 5) is 0. The second-order valence-electron chi connectivity index (χ2n) is 9.09. The van der Waals surface area contributed by atoms with Crippen LogP contribution in [0.15, 0.2) is 48.6 Å². The van der Waals surface area contributed by atoms with Gasteiger partial charge < -0.3 is 10.2 Å². The van der Waals surface area contributed by atoms with E-state index < -0.39 is 6.10 Å². The van der Waals surface area contributed by atoms with E-state index in [0.29, 0.717) is 18.3 Å². The molecule has 2 unspecified atom stereocenters. The maximum absolute atomic E-state index is 10.6. The van der Waals surface area contributed by atoms with Crippen LogP contribution in [0.25, 0.3) is 0 Å². The molecule has 0 heterocycles. The molecule has 1 aromatic carbocycles. The van der Waals surface area contributed by atoms with Gasteiger partial charge in [-0.15, -0.1) is 0 Å². The Morgan fingerprint density at radius 2 is 1.67 bits per heavy atom. The summed E-state index contributed by atoms with van der Waals surface area (Å²) in [6.07, 6.45) is 21.1. The van der Waals surface area contributed by atoms with Gasteiger partial charge in [-0.3, -0.25) is 0 Å². The van der Waals surface area contributed by atoms with Crippen molar-refractivity contribution in [2.45, 2.75) is 103 Å². The molecule has 2 N–H and O–H groups in total. The molecule has 2 heteroatoms. The second kappa shape index (κ2) is 14.6. The number of hydrogen-bond acceptors (Lipinski definition) is 2. The zero-order valence-electron chi connectivity index (χ0n) is 19.3. The standard InChI is InChI=1S/C28H44O2/c1-3-5-7-14-23-15-8-9-18-25(23)22-26(29)19-12-10-16-24-17-11-13-20-27(24)28(30)21-6-4-2/h8-10,12,15-16,18-19,24,26-30H,3-7,11,13-14,17,20-22H2,1-2H3/t24-,26?,27+,28?/m0/s1. The van der Waals surface area contributed by atoms with Gasteiger partial charge in [-0.25, -0.2) is 0 Å². The first-order valence-corrected chi connectivity index (χ1v) is 12.4. The largest absolute Gasteiger partial charge is 0.393 e. The SMILES string of the molecule is CCCCCc1ccccc1CC(O)C=CC=C[C@H]1CCCC[C@H]1C(O)CCCC. The molecule has 1 aromatic rings. The van der Waals surface area contributed by atoms with Gasteiger partial charge in [0.1, 0.15) is 0 Å². The summed E-state index contributed by atoms with van der Waals surface area (Å²) < 4.78 is 0. The zero-order chi connectivity index (χ0) is 21.6. The summed E-state index contributed by atoms with van der Waals surface area (Å²) >= 11 is 0. The van der Waals surface area contributed by atoms with E-state index in [1.165, 1.54) is 49.7 Å². The van der Waals surface area contributed by atoms with E-state index in [0.717, 1.165) is 32.1 Å². The van der Waals surface area contributed by atoms with Crippen LogP contribution in [0.3, 0.4) is 0 Å². The maximum Gasteiger partial charge on any atom is 0.0764 e. The molecular formula is C28H44O2. The summed E-state index contributed by atoms with van der Waals surface area (Å²) in [5.74, 6) is 0.863. The monoisotopic (exact) mass is 412 g/mol. The molecule has 30 heavy (non-hydrogen) atoms. The lowest BCUT2D eigenvalue weighted by atomic mass is 9.75. The zero-order valence-corrected chi connectivity index (χ0v) is 19.3. The molecule has 0 aliphatic heterocycles. The van der Waals surface area contributed by atoms with Gasteiger partial charge in [-0.05, 0) is 55.1 Å². The molecule has 1 saturated carbocycles. The van der Waals surface area contributed by atoms with Crippen LogP contribution in [0.5, 0.6) is 0 Å². The third-order valence-corrected chi connectivity index (χ3v) is 6.62. The van der Waals surface area contributed by atoms with Crippen molar-refractivity contribution >= 4 is 0 Å². The van der Waals surface area contributed by atoms with Crippen LogP contribution < -0.4 is 0 Å². The Balaban J connectivity index is 1.87. The van der Waals surface area contributed by atoms with Gasteiger partial charge in [0, 0.05) is 6.42 Å². The summed E-state index contributed by atoms with van der Waals surface area (Å²) in [6.45, 7) is 4.42. The normalized spacial score (nSPS) is 22.0. The number of hydrogen-bond donors (Lipinski definition) is 2. The Morgan fingerprint density at radius 3 is 2.43 bits per heavy atom. The van der Waals surface area contributed by atoms with E-state index in [-0.39, 0.29) is 6.10 Å². The van der Waals surface area contributed by atoms with E-state index in [9.17, 15) is 10.2 Å². The van der Waals surface area contributed by atoms with Gasteiger partial charge in [0.15, 0.2) is 0 Å². The molecule has 1 aliphatic rings. The first-order valence-electron chi connectivity index (χ1n) is 12.4. The van der Waals surface area contributed by atoms with Crippen molar-refractivity contribution in [2.24, 2.45) is 11.8 Å². The lowest BCUT2D eigenvalue weighted by Crippen LogP contribution is -2.29. The average Bonchev–Trinajstić information content (AvgIpc) is 2.76. The lowest BCUT2D eigenvalue weighted by Gasteiger charge is -2.33. The minimum Gasteiger partial charge on any atom is -0.393 e. The first-order chi connectivity index (χ1) is 14.7. The van der Waals surface area contributed by atoms with Crippen LogP contribution in [0.1, 0.15) is 89.2 Å². The van der Waals surface area contributed by atoms with Crippen LogP contribution in [0.2, 0.25) is 0 Å². The second-order valence-corrected chi connectivity index (χ2v) is 9.09. The number of benzene rings is 1. The van der Waals surface area contributed by atoms with Crippen LogP contribution in [-0.2, 0) is 12.8 Å². The first kappa shape index (κ1) is 24.9. The maximum atomic E-state index is 10.6. The van der Waals surface area contributed by atoms with Crippen molar-refractivity contribution in [1.82, 2.24) is 0 Å². The van der Waals surface area contributed by atoms with Gasteiger partial charge in [-0.1, -0.05) is 101 Å². The Hall–Kier alpha value is -1.38. The molecule has 1 aliphatic carbocycles. The molecule has 2 rings (SSSR count). The Kier molecular flexibility index (Phi) is 12.1. The van der Waals surface area contributed by atoms with Gasteiger partial charge >= 0.3 is 0 Å². The van der Waals surface area contributed by atoms with E-state index in [4.69, 9.17) is 0 Å². The molecular weight excluding hydrogens is 368 g/mol. The van der Waals surface area contributed by atoms with E-state index >= 15 is 0 Å². The topological polar surface area (TPSA) is 40.5 Å². The molecule has 0 spiro atoms. The van der Waals surface area contributed by atoms with E-state index in [1.54, 1.807) is 0 Å². The average molecular weight is 413 g/mol. The number of unbranched alkanes of at least 4 members (excludes halogenated alkanes) is 3. The molecule has 168 valence electrons. The van der Waals surface area contributed by atoms with Crippen molar-refractivity contribution in [1.29, 1.82) is 0 Å². The van der Waals surface area contributed by atoms with Crippen molar-refractivity contribution in [2.75, 3.05) is 0 Å². The minimum absolute atomic E-state index is 0.168. The van der Waals surface area contributed by atoms with Crippen molar-refractivity contribution in [3.05, 3.63) is 59.7 Å². The van der Waals surface area contributed by atoms with Crippen LogP contribution in [0, 0.1) is 11.8 Å². The fraction of sp³-hybridized carbons (Fsp3) is 0.643. The summed E-state index contributed by atoms with van der Waals surface area (Å²) in [5.41, 5.74) is 2.64. The molecule has 4 atom stereocenters.